The fourth-order valence-electron chi connectivity index (χ4n) is 3.09. The Bertz CT molecular complexity index is 858. The summed E-state index contributed by atoms with van der Waals surface area (Å²) in [5.74, 6) is -0.158. The summed E-state index contributed by atoms with van der Waals surface area (Å²) in [6.45, 7) is 13.0. The van der Waals surface area contributed by atoms with Crippen LogP contribution in [0.2, 0.25) is 0 Å². The first kappa shape index (κ1) is 21.7. The normalized spacial score (nSPS) is 13.4. The lowest BCUT2D eigenvalue weighted by Crippen LogP contribution is -2.22. The zero-order valence-corrected chi connectivity index (χ0v) is 18.1. The number of esters is 1. The Kier molecular flexibility index (Phi) is 7.38. The van der Waals surface area contributed by atoms with Crippen LogP contribution >= 0.6 is 0 Å². The van der Waals surface area contributed by atoms with E-state index in [1.165, 1.54) is 11.1 Å². The van der Waals surface area contributed by atoms with Gasteiger partial charge in [0, 0.05) is 19.5 Å². The van der Waals surface area contributed by atoms with Crippen molar-refractivity contribution in [2.24, 2.45) is 4.99 Å². The predicted molar refractivity (Wildman–Crippen MR) is 117 cm³/mol. The van der Waals surface area contributed by atoms with Crippen molar-refractivity contribution in [2.75, 3.05) is 13.6 Å². The third-order valence-corrected chi connectivity index (χ3v) is 5.33. The number of hydrogen-bond acceptors (Lipinski definition) is 3. The highest BCUT2D eigenvalue weighted by atomic mass is 16.5. The molecule has 28 heavy (non-hydrogen) atoms. The summed E-state index contributed by atoms with van der Waals surface area (Å²) >= 11 is 0. The largest absolute Gasteiger partial charge is 0.458 e. The molecule has 2 aromatic carbocycles. The van der Waals surface area contributed by atoms with E-state index in [-0.39, 0.29) is 18.0 Å². The van der Waals surface area contributed by atoms with Crippen LogP contribution in [0.4, 0.5) is 5.69 Å². The van der Waals surface area contributed by atoms with Crippen molar-refractivity contribution in [1.82, 2.24) is 4.90 Å². The summed E-state index contributed by atoms with van der Waals surface area (Å²) in [7, 11) is 1.98. The second kappa shape index (κ2) is 9.54. The lowest BCUT2D eigenvalue weighted by Gasteiger charge is -2.23. The van der Waals surface area contributed by atoms with Gasteiger partial charge in [-0.2, -0.15) is 0 Å². The Balaban J connectivity index is 2.17. The van der Waals surface area contributed by atoms with Gasteiger partial charge in [-0.05, 0) is 69.0 Å². The van der Waals surface area contributed by atoms with E-state index in [4.69, 9.17) is 4.74 Å². The van der Waals surface area contributed by atoms with Gasteiger partial charge in [-0.25, -0.2) is 9.79 Å². The van der Waals surface area contributed by atoms with Crippen LogP contribution in [0, 0.1) is 20.8 Å². The maximum atomic E-state index is 12.8. The number of nitrogens with zero attached hydrogens (tertiary/aromatic N) is 2. The van der Waals surface area contributed by atoms with Gasteiger partial charge in [0.05, 0.1) is 17.6 Å². The molecule has 0 fully saturated rings. The quantitative estimate of drug-likeness (QED) is 0.358. The molecule has 0 radical (unpaired) electrons. The first-order valence-electron chi connectivity index (χ1n) is 9.86. The molecule has 0 N–H and O–H groups in total. The average Bonchev–Trinajstić information content (AvgIpc) is 2.67. The SMILES string of the molecule is CCN(C)C=Nc1cc(C)c(C(=O)O[C@@H](C)[C@@H](C)c2ccccc2C)cc1C. The van der Waals surface area contributed by atoms with Crippen molar-refractivity contribution in [3.63, 3.8) is 0 Å². The van der Waals surface area contributed by atoms with Crippen LogP contribution in [-0.2, 0) is 4.74 Å². The molecule has 0 aliphatic carbocycles. The number of aryl methyl sites for hydroxylation is 3. The van der Waals surface area contributed by atoms with Crippen molar-refractivity contribution in [3.05, 3.63) is 64.2 Å². The van der Waals surface area contributed by atoms with Crippen LogP contribution < -0.4 is 0 Å². The van der Waals surface area contributed by atoms with Gasteiger partial charge >= 0.3 is 5.97 Å². The van der Waals surface area contributed by atoms with Crippen molar-refractivity contribution >= 4 is 18.0 Å². The fraction of sp³-hybridized carbons (Fsp3) is 0.417. The molecule has 0 aromatic heterocycles. The van der Waals surface area contributed by atoms with E-state index in [1.807, 2.05) is 63.3 Å². The topological polar surface area (TPSA) is 41.9 Å². The molecule has 0 saturated heterocycles. The Hall–Kier alpha value is -2.62. The molecule has 4 nitrogen and oxygen atoms in total. The lowest BCUT2D eigenvalue weighted by atomic mass is 9.92. The molecule has 0 heterocycles. The van der Waals surface area contributed by atoms with Gasteiger partial charge < -0.3 is 9.64 Å². The van der Waals surface area contributed by atoms with Gasteiger partial charge in [-0.1, -0.05) is 31.2 Å². The third-order valence-electron chi connectivity index (χ3n) is 5.33. The van der Waals surface area contributed by atoms with Crippen LogP contribution in [0.15, 0.2) is 41.4 Å². The Morgan fingerprint density at radius 2 is 1.79 bits per heavy atom. The minimum atomic E-state index is -0.283. The summed E-state index contributed by atoms with van der Waals surface area (Å²) in [4.78, 5) is 19.3. The second-order valence-electron chi connectivity index (χ2n) is 7.53. The highest BCUT2D eigenvalue weighted by molar-refractivity contribution is 5.92. The van der Waals surface area contributed by atoms with Crippen molar-refractivity contribution in [1.29, 1.82) is 0 Å². The van der Waals surface area contributed by atoms with Crippen LogP contribution in [0.25, 0.3) is 0 Å². The molecule has 0 aliphatic heterocycles. The molecule has 150 valence electrons. The first-order valence-corrected chi connectivity index (χ1v) is 9.86. The molecule has 0 bridgehead atoms. The number of ether oxygens (including phenoxy) is 1. The van der Waals surface area contributed by atoms with Gasteiger partial charge in [0.15, 0.2) is 0 Å². The number of carbonyl (C=O) groups is 1. The van der Waals surface area contributed by atoms with Gasteiger partial charge in [-0.3, -0.25) is 0 Å². The minimum Gasteiger partial charge on any atom is -0.458 e. The first-order chi connectivity index (χ1) is 13.2. The molecule has 2 rings (SSSR count). The molecule has 4 heteroatoms. The van der Waals surface area contributed by atoms with E-state index in [0.29, 0.717) is 5.56 Å². The standard InChI is InChI=1S/C24H32N2O2/c1-8-26(7)15-25-23-14-17(3)22(13-18(23)4)24(27)28-20(6)19(5)21-12-10-9-11-16(21)2/h9-15,19-20H,8H2,1-7H3/t19-,20+/m1/s1. The van der Waals surface area contributed by atoms with E-state index >= 15 is 0 Å². The minimum absolute atomic E-state index is 0.125. The lowest BCUT2D eigenvalue weighted by molar-refractivity contribution is 0.0292. The van der Waals surface area contributed by atoms with E-state index in [0.717, 1.165) is 23.4 Å². The molecule has 0 saturated carbocycles. The number of aliphatic imine (C=N–C) groups is 1. The average molecular weight is 381 g/mol. The third kappa shape index (κ3) is 5.22. The number of hydrogen-bond donors (Lipinski definition) is 0. The Morgan fingerprint density at radius 3 is 2.43 bits per heavy atom. The number of rotatable bonds is 7. The Labute approximate surface area is 169 Å². The summed E-state index contributed by atoms with van der Waals surface area (Å²) in [5.41, 5.74) is 5.72. The fourth-order valence-corrected chi connectivity index (χ4v) is 3.09. The predicted octanol–water partition coefficient (Wildman–Crippen LogP) is 5.57. The van der Waals surface area contributed by atoms with E-state index < -0.39 is 0 Å². The second-order valence-corrected chi connectivity index (χ2v) is 7.53. The molecule has 0 unspecified atom stereocenters. The van der Waals surface area contributed by atoms with Crippen LogP contribution in [-0.4, -0.2) is 36.9 Å². The molecule has 2 aromatic rings. The van der Waals surface area contributed by atoms with E-state index in [9.17, 15) is 4.79 Å². The molecular weight excluding hydrogens is 348 g/mol. The van der Waals surface area contributed by atoms with Crippen LogP contribution in [0.1, 0.15) is 59.3 Å². The van der Waals surface area contributed by atoms with Gasteiger partial charge in [0.1, 0.15) is 6.10 Å². The highest BCUT2D eigenvalue weighted by Gasteiger charge is 2.22. The monoisotopic (exact) mass is 380 g/mol. The van der Waals surface area contributed by atoms with Gasteiger partial charge in [-0.15, -0.1) is 0 Å². The summed E-state index contributed by atoms with van der Waals surface area (Å²) in [6.07, 6.45) is 1.59. The number of benzene rings is 2. The summed E-state index contributed by atoms with van der Waals surface area (Å²) < 4.78 is 5.81. The molecule has 2 atom stereocenters. The summed E-state index contributed by atoms with van der Waals surface area (Å²) in [6, 6.07) is 12.1. The maximum Gasteiger partial charge on any atom is 0.338 e. The smallest absolute Gasteiger partial charge is 0.338 e. The van der Waals surface area contributed by atoms with Crippen LogP contribution in [0.5, 0.6) is 0 Å². The molecule has 0 aliphatic rings. The van der Waals surface area contributed by atoms with Crippen molar-refractivity contribution in [2.45, 2.75) is 53.6 Å². The van der Waals surface area contributed by atoms with E-state index in [1.54, 1.807) is 0 Å². The molecule has 0 amide bonds. The van der Waals surface area contributed by atoms with Gasteiger partial charge in [0.2, 0.25) is 0 Å². The van der Waals surface area contributed by atoms with Crippen molar-refractivity contribution in [3.8, 4) is 0 Å². The van der Waals surface area contributed by atoms with Crippen LogP contribution in [0.3, 0.4) is 0 Å². The van der Waals surface area contributed by atoms with Gasteiger partial charge in [0.25, 0.3) is 0 Å². The molecule has 0 spiro atoms. The highest BCUT2D eigenvalue weighted by Crippen LogP contribution is 2.27. The maximum absolute atomic E-state index is 12.8. The van der Waals surface area contributed by atoms with Crippen molar-refractivity contribution < 1.29 is 9.53 Å². The number of carbonyl (C=O) groups excluding carboxylic acids is 1. The zero-order valence-electron chi connectivity index (χ0n) is 18.1. The Morgan fingerprint density at radius 1 is 1.11 bits per heavy atom. The zero-order chi connectivity index (χ0) is 20.8. The molecular formula is C24H32N2O2. The van der Waals surface area contributed by atoms with E-state index in [2.05, 4.69) is 37.9 Å². The summed E-state index contributed by atoms with van der Waals surface area (Å²) in [5, 5.41) is 0.